The number of hydrogen-bond acceptors (Lipinski definition) is 4. The van der Waals surface area contributed by atoms with Crippen LogP contribution in [0.1, 0.15) is 12.0 Å². The number of para-hydroxylation sites is 1. The SMILES string of the molecule is O=C(O)CCc1cn(S(=O)(=O)c2c(OC(F)(F)F)cccc2-c2ccccc2)c2ccccc12. The zero-order valence-corrected chi connectivity index (χ0v) is 18.3. The van der Waals surface area contributed by atoms with Crippen LogP contribution < -0.4 is 4.74 Å². The number of alkyl halides is 3. The van der Waals surface area contributed by atoms with Crippen LogP contribution in [0.5, 0.6) is 5.75 Å². The summed E-state index contributed by atoms with van der Waals surface area (Å²) in [6, 6.07) is 18.2. The van der Waals surface area contributed by atoms with E-state index in [0.717, 1.165) is 10.0 Å². The molecule has 0 aliphatic carbocycles. The number of carboxylic acid groups (broad SMARTS) is 1. The molecule has 0 unspecified atom stereocenters. The van der Waals surface area contributed by atoms with Crippen LogP contribution in [0.2, 0.25) is 0 Å². The normalized spacial score (nSPS) is 12.1. The van der Waals surface area contributed by atoms with Gasteiger partial charge in [0.15, 0.2) is 5.75 Å². The van der Waals surface area contributed by atoms with Crippen molar-refractivity contribution in [2.24, 2.45) is 0 Å². The lowest BCUT2D eigenvalue weighted by Crippen LogP contribution is -2.21. The molecule has 0 aliphatic heterocycles. The van der Waals surface area contributed by atoms with Gasteiger partial charge in [0, 0.05) is 23.6 Å². The van der Waals surface area contributed by atoms with E-state index >= 15 is 0 Å². The van der Waals surface area contributed by atoms with Crippen molar-refractivity contribution in [3.8, 4) is 16.9 Å². The molecule has 0 amide bonds. The molecule has 6 nitrogen and oxygen atoms in total. The Kier molecular flexibility index (Phi) is 6.09. The largest absolute Gasteiger partial charge is 0.573 e. The van der Waals surface area contributed by atoms with Gasteiger partial charge in [-0.25, -0.2) is 12.4 Å². The third-order valence-corrected chi connectivity index (χ3v) is 6.93. The molecule has 4 rings (SSSR count). The first-order chi connectivity index (χ1) is 16.1. The summed E-state index contributed by atoms with van der Waals surface area (Å²) in [4.78, 5) is 10.4. The number of carboxylic acids is 1. The number of aliphatic carboxylic acids is 1. The van der Waals surface area contributed by atoms with Gasteiger partial charge in [0.05, 0.1) is 5.52 Å². The highest BCUT2D eigenvalue weighted by Crippen LogP contribution is 2.39. The molecule has 0 spiro atoms. The predicted octanol–water partition coefficient (Wildman–Crippen LogP) is 5.46. The average molecular weight is 489 g/mol. The standard InChI is InChI=1S/C24H18F3NO5S/c25-24(26,27)33-21-12-6-10-19(16-7-2-1-3-8-16)23(21)34(31,32)28-15-17(13-14-22(29)30)18-9-4-5-11-20(18)28/h1-12,15H,13-14H2,(H,29,30). The zero-order chi connectivity index (χ0) is 24.5. The molecule has 0 aliphatic rings. The van der Waals surface area contributed by atoms with E-state index in [1.165, 1.54) is 24.4 Å². The van der Waals surface area contributed by atoms with E-state index in [1.807, 2.05) is 0 Å². The van der Waals surface area contributed by atoms with E-state index in [4.69, 9.17) is 5.11 Å². The molecule has 0 radical (unpaired) electrons. The van der Waals surface area contributed by atoms with Crippen molar-refractivity contribution in [2.75, 3.05) is 0 Å². The number of halogens is 3. The molecular weight excluding hydrogens is 471 g/mol. The number of nitrogens with zero attached hydrogens (tertiary/aromatic N) is 1. The Hall–Kier alpha value is -3.79. The molecule has 34 heavy (non-hydrogen) atoms. The Balaban J connectivity index is 1.99. The van der Waals surface area contributed by atoms with Gasteiger partial charge in [-0.2, -0.15) is 0 Å². The maximum Gasteiger partial charge on any atom is 0.573 e. The molecule has 0 saturated carbocycles. The van der Waals surface area contributed by atoms with Crippen LogP contribution in [0.25, 0.3) is 22.0 Å². The van der Waals surface area contributed by atoms with Crippen LogP contribution in [-0.4, -0.2) is 29.8 Å². The quantitative estimate of drug-likeness (QED) is 0.373. The molecule has 1 aromatic heterocycles. The Morgan fingerprint density at radius 3 is 2.29 bits per heavy atom. The topological polar surface area (TPSA) is 85.6 Å². The number of aryl methyl sites for hydroxylation is 1. The fourth-order valence-corrected chi connectivity index (χ4v) is 5.50. The van der Waals surface area contributed by atoms with E-state index in [0.29, 0.717) is 16.5 Å². The maximum absolute atomic E-state index is 13.9. The monoisotopic (exact) mass is 489 g/mol. The molecule has 0 fully saturated rings. The van der Waals surface area contributed by atoms with E-state index in [-0.39, 0.29) is 23.9 Å². The van der Waals surface area contributed by atoms with Gasteiger partial charge in [0.1, 0.15) is 4.90 Å². The highest BCUT2D eigenvalue weighted by atomic mass is 32.2. The molecule has 0 atom stereocenters. The number of fused-ring (bicyclic) bond motifs is 1. The minimum Gasteiger partial charge on any atom is -0.481 e. The number of ether oxygens (including phenoxy) is 1. The summed E-state index contributed by atoms with van der Waals surface area (Å²) in [5.41, 5.74) is 1.07. The highest BCUT2D eigenvalue weighted by molar-refractivity contribution is 7.90. The smallest absolute Gasteiger partial charge is 0.481 e. The van der Waals surface area contributed by atoms with Crippen molar-refractivity contribution in [2.45, 2.75) is 24.1 Å². The number of rotatable bonds is 7. The van der Waals surface area contributed by atoms with Crippen molar-refractivity contribution < 1.29 is 36.2 Å². The fraction of sp³-hybridized carbons (Fsp3) is 0.125. The van der Waals surface area contributed by atoms with E-state index in [2.05, 4.69) is 4.74 Å². The van der Waals surface area contributed by atoms with Crippen molar-refractivity contribution in [3.63, 3.8) is 0 Å². The first kappa shape index (κ1) is 23.4. The molecule has 1 heterocycles. The van der Waals surface area contributed by atoms with Gasteiger partial charge >= 0.3 is 12.3 Å². The molecule has 4 aromatic rings. The number of aromatic nitrogens is 1. The first-order valence-electron chi connectivity index (χ1n) is 10.1. The van der Waals surface area contributed by atoms with Crippen LogP contribution in [-0.2, 0) is 21.2 Å². The van der Waals surface area contributed by atoms with Gasteiger partial charge < -0.3 is 9.84 Å². The lowest BCUT2D eigenvalue weighted by atomic mass is 10.1. The molecule has 176 valence electrons. The third kappa shape index (κ3) is 4.62. The van der Waals surface area contributed by atoms with Gasteiger partial charge in [0.2, 0.25) is 0 Å². The van der Waals surface area contributed by atoms with Gasteiger partial charge in [-0.1, -0.05) is 60.7 Å². The molecular formula is C24H18F3NO5S. The second-order valence-electron chi connectivity index (χ2n) is 7.41. The van der Waals surface area contributed by atoms with E-state index in [1.54, 1.807) is 48.5 Å². The summed E-state index contributed by atoms with van der Waals surface area (Å²) in [5.74, 6) is -1.92. The minimum atomic E-state index is -5.12. The second kappa shape index (κ2) is 8.86. The van der Waals surface area contributed by atoms with Gasteiger partial charge in [-0.3, -0.25) is 4.79 Å². The Morgan fingerprint density at radius 2 is 1.62 bits per heavy atom. The summed E-state index contributed by atoms with van der Waals surface area (Å²) < 4.78 is 72.4. The fourth-order valence-electron chi connectivity index (χ4n) is 3.79. The van der Waals surface area contributed by atoms with Crippen molar-refractivity contribution in [3.05, 3.63) is 84.6 Å². The van der Waals surface area contributed by atoms with Crippen LogP contribution in [0, 0.1) is 0 Å². The Labute approximate surface area is 192 Å². The van der Waals surface area contributed by atoms with E-state index < -0.39 is 33.0 Å². The van der Waals surface area contributed by atoms with Crippen LogP contribution >= 0.6 is 0 Å². The first-order valence-corrected chi connectivity index (χ1v) is 11.5. The van der Waals surface area contributed by atoms with Gasteiger partial charge in [-0.05, 0) is 29.7 Å². The molecule has 1 N–H and O–H groups in total. The second-order valence-corrected chi connectivity index (χ2v) is 9.16. The average Bonchev–Trinajstić information content (AvgIpc) is 3.16. The summed E-state index contributed by atoms with van der Waals surface area (Å²) in [5, 5.41) is 9.54. The molecule has 3 aromatic carbocycles. The summed E-state index contributed by atoms with van der Waals surface area (Å²) >= 11 is 0. The highest BCUT2D eigenvalue weighted by Gasteiger charge is 2.36. The van der Waals surface area contributed by atoms with Gasteiger partial charge in [-0.15, -0.1) is 13.2 Å². The molecule has 0 bridgehead atoms. The lowest BCUT2D eigenvalue weighted by molar-refractivity contribution is -0.275. The van der Waals surface area contributed by atoms with E-state index in [9.17, 15) is 26.4 Å². The summed E-state index contributed by atoms with van der Waals surface area (Å²) in [7, 11) is -4.62. The Bertz CT molecular complexity index is 1460. The summed E-state index contributed by atoms with van der Waals surface area (Å²) in [6.07, 6.45) is -4.06. The summed E-state index contributed by atoms with van der Waals surface area (Å²) in [6.45, 7) is 0. The predicted molar refractivity (Wildman–Crippen MR) is 119 cm³/mol. The molecule has 10 heteroatoms. The van der Waals surface area contributed by atoms with Crippen molar-refractivity contribution >= 4 is 26.9 Å². The third-order valence-electron chi connectivity index (χ3n) is 5.18. The van der Waals surface area contributed by atoms with Crippen LogP contribution in [0.3, 0.4) is 0 Å². The van der Waals surface area contributed by atoms with Crippen LogP contribution in [0.15, 0.2) is 83.9 Å². The maximum atomic E-state index is 13.9. The lowest BCUT2D eigenvalue weighted by Gasteiger charge is -2.18. The Morgan fingerprint density at radius 1 is 0.941 bits per heavy atom. The number of benzene rings is 3. The molecule has 0 saturated heterocycles. The number of carbonyl (C=O) groups is 1. The van der Waals surface area contributed by atoms with Crippen LogP contribution in [0.4, 0.5) is 13.2 Å². The number of hydrogen-bond donors (Lipinski definition) is 1. The van der Waals surface area contributed by atoms with Crippen molar-refractivity contribution in [1.82, 2.24) is 3.97 Å². The zero-order valence-electron chi connectivity index (χ0n) is 17.5. The van der Waals surface area contributed by atoms with Crippen molar-refractivity contribution in [1.29, 1.82) is 0 Å². The van der Waals surface area contributed by atoms with Gasteiger partial charge in [0.25, 0.3) is 10.0 Å². The minimum absolute atomic E-state index is 0.0345.